The molecule has 1 aliphatic rings. The van der Waals surface area contributed by atoms with Crippen molar-refractivity contribution in [3.63, 3.8) is 0 Å². The molecular formula is C18H22N4O3S. The predicted molar refractivity (Wildman–Crippen MR) is 101 cm³/mol. The summed E-state index contributed by atoms with van der Waals surface area (Å²) >= 11 is 0. The topological polar surface area (TPSA) is 92.3 Å². The quantitative estimate of drug-likeness (QED) is 0.880. The number of nitrogens with one attached hydrogen (secondary N) is 1. The lowest BCUT2D eigenvalue weighted by Crippen LogP contribution is -2.33. The molecule has 1 aromatic heterocycles. The zero-order chi connectivity index (χ0) is 18.9. The first-order valence-corrected chi connectivity index (χ1v) is 10.2. The average molecular weight is 374 g/mol. The van der Waals surface area contributed by atoms with E-state index in [1.165, 1.54) is 0 Å². The summed E-state index contributed by atoms with van der Waals surface area (Å²) in [6.07, 6.45) is 0.589. The van der Waals surface area contributed by atoms with Gasteiger partial charge in [0.1, 0.15) is 0 Å². The number of carbonyl (C=O) groups is 1. The first-order valence-electron chi connectivity index (χ1n) is 8.41. The van der Waals surface area contributed by atoms with Crippen molar-refractivity contribution in [2.24, 2.45) is 0 Å². The van der Waals surface area contributed by atoms with Crippen molar-refractivity contribution in [3.8, 4) is 0 Å². The van der Waals surface area contributed by atoms with Crippen LogP contribution in [0.3, 0.4) is 0 Å². The maximum Gasteiger partial charge on any atom is 0.256 e. The number of aromatic nitrogens is 2. The van der Waals surface area contributed by atoms with Crippen molar-refractivity contribution in [3.05, 3.63) is 47.0 Å². The fourth-order valence-corrected chi connectivity index (χ4v) is 4.69. The van der Waals surface area contributed by atoms with Gasteiger partial charge in [0.2, 0.25) is 0 Å². The van der Waals surface area contributed by atoms with Crippen LogP contribution < -0.4 is 10.2 Å². The van der Waals surface area contributed by atoms with Crippen molar-refractivity contribution in [1.82, 2.24) is 10.2 Å². The smallest absolute Gasteiger partial charge is 0.256 e. The number of hydrogen-bond donors (Lipinski definition) is 1. The number of aryl methyl sites for hydroxylation is 2. The lowest BCUT2D eigenvalue weighted by atomic mass is 10.1. The van der Waals surface area contributed by atoms with Gasteiger partial charge in [-0.25, -0.2) is 8.42 Å². The van der Waals surface area contributed by atoms with Crippen molar-refractivity contribution in [1.29, 1.82) is 0 Å². The van der Waals surface area contributed by atoms with E-state index in [1.807, 2.05) is 37.9 Å². The highest BCUT2D eigenvalue weighted by atomic mass is 32.2. The van der Waals surface area contributed by atoms with Crippen LogP contribution in [0.2, 0.25) is 0 Å². The minimum absolute atomic E-state index is 0.0923. The van der Waals surface area contributed by atoms with Crippen LogP contribution in [0.1, 0.15) is 27.9 Å². The van der Waals surface area contributed by atoms with Crippen LogP contribution in [-0.2, 0) is 9.84 Å². The van der Waals surface area contributed by atoms with E-state index >= 15 is 0 Å². The molecule has 138 valence electrons. The van der Waals surface area contributed by atoms with E-state index < -0.39 is 9.84 Å². The zero-order valence-electron chi connectivity index (χ0n) is 15.1. The second-order valence-electron chi connectivity index (χ2n) is 6.70. The van der Waals surface area contributed by atoms with Crippen LogP contribution >= 0.6 is 0 Å². The van der Waals surface area contributed by atoms with E-state index in [0.717, 1.165) is 11.1 Å². The highest BCUT2D eigenvalue weighted by Crippen LogP contribution is 2.21. The fraction of sp³-hybridized carbons (Fsp3) is 0.389. The number of hydrogen-bond acceptors (Lipinski definition) is 6. The van der Waals surface area contributed by atoms with E-state index in [0.29, 0.717) is 23.6 Å². The molecule has 2 aromatic rings. The molecule has 3 rings (SSSR count). The number of sulfone groups is 1. The van der Waals surface area contributed by atoms with Gasteiger partial charge in [0, 0.05) is 18.7 Å². The van der Waals surface area contributed by atoms with Crippen LogP contribution in [0.25, 0.3) is 0 Å². The molecule has 0 radical (unpaired) electrons. The highest BCUT2D eigenvalue weighted by molar-refractivity contribution is 7.91. The molecule has 8 heteroatoms. The number of amides is 1. The molecule has 7 nitrogen and oxygen atoms in total. The average Bonchev–Trinajstić information content (AvgIpc) is 2.97. The monoisotopic (exact) mass is 374 g/mol. The molecule has 1 amide bonds. The molecule has 26 heavy (non-hydrogen) atoms. The second-order valence-corrected chi connectivity index (χ2v) is 8.93. The SMILES string of the molecule is Cc1ccc(C(=O)Nc2ccc(N(C)C3CCS(=O)(=O)C3)nn2)cc1C. The summed E-state index contributed by atoms with van der Waals surface area (Å²) in [4.78, 5) is 14.1. The van der Waals surface area contributed by atoms with Crippen LogP contribution in [-0.4, -0.2) is 49.1 Å². The highest BCUT2D eigenvalue weighted by Gasteiger charge is 2.31. The van der Waals surface area contributed by atoms with Crippen LogP contribution in [0.5, 0.6) is 0 Å². The minimum atomic E-state index is -2.96. The maximum absolute atomic E-state index is 12.3. The first-order chi connectivity index (χ1) is 12.2. The molecule has 0 saturated carbocycles. The van der Waals surface area contributed by atoms with Gasteiger partial charge >= 0.3 is 0 Å². The Labute approximate surface area is 153 Å². The van der Waals surface area contributed by atoms with Crippen LogP contribution in [0.4, 0.5) is 11.6 Å². The normalized spacial score (nSPS) is 18.5. The summed E-state index contributed by atoms with van der Waals surface area (Å²) in [5, 5.41) is 10.9. The zero-order valence-corrected chi connectivity index (χ0v) is 15.9. The van der Waals surface area contributed by atoms with E-state index in [9.17, 15) is 13.2 Å². The van der Waals surface area contributed by atoms with Gasteiger partial charge in [0.15, 0.2) is 21.5 Å². The first kappa shape index (κ1) is 18.3. The molecule has 1 atom stereocenters. The van der Waals surface area contributed by atoms with Gasteiger partial charge in [0.05, 0.1) is 11.5 Å². The van der Waals surface area contributed by atoms with Crippen molar-refractivity contribution >= 4 is 27.4 Å². The number of benzene rings is 1. The Morgan fingerprint density at radius 3 is 2.50 bits per heavy atom. The fourth-order valence-electron chi connectivity index (χ4n) is 2.92. The third kappa shape index (κ3) is 4.01. The molecule has 1 aromatic carbocycles. The van der Waals surface area contributed by atoms with Gasteiger partial charge in [-0.2, -0.15) is 0 Å². The van der Waals surface area contributed by atoms with Crippen molar-refractivity contribution in [2.75, 3.05) is 28.8 Å². The van der Waals surface area contributed by atoms with Gasteiger partial charge in [-0.1, -0.05) is 6.07 Å². The van der Waals surface area contributed by atoms with Gasteiger partial charge < -0.3 is 10.2 Å². The van der Waals surface area contributed by atoms with Gasteiger partial charge in [-0.05, 0) is 55.7 Å². The van der Waals surface area contributed by atoms with E-state index in [2.05, 4.69) is 15.5 Å². The van der Waals surface area contributed by atoms with Gasteiger partial charge in [-0.15, -0.1) is 10.2 Å². The van der Waals surface area contributed by atoms with Crippen LogP contribution in [0.15, 0.2) is 30.3 Å². The Kier molecular flexibility index (Phi) is 4.95. The lowest BCUT2D eigenvalue weighted by molar-refractivity contribution is 0.102. The Hall–Kier alpha value is -2.48. The summed E-state index contributed by atoms with van der Waals surface area (Å²) < 4.78 is 23.2. The maximum atomic E-state index is 12.3. The lowest BCUT2D eigenvalue weighted by Gasteiger charge is -2.23. The number of rotatable bonds is 4. The van der Waals surface area contributed by atoms with Gasteiger partial charge in [0.25, 0.3) is 5.91 Å². The summed E-state index contributed by atoms with van der Waals surface area (Å²) in [7, 11) is -1.15. The molecule has 0 spiro atoms. The Morgan fingerprint density at radius 2 is 1.92 bits per heavy atom. The molecule has 1 fully saturated rings. The van der Waals surface area contributed by atoms with Crippen molar-refractivity contribution in [2.45, 2.75) is 26.3 Å². The van der Waals surface area contributed by atoms with E-state index in [4.69, 9.17) is 0 Å². The summed E-state index contributed by atoms with van der Waals surface area (Å²) in [6.45, 7) is 3.95. The molecule has 1 N–H and O–H groups in total. The molecule has 0 bridgehead atoms. The van der Waals surface area contributed by atoms with Crippen LogP contribution in [0, 0.1) is 13.8 Å². The predicted octanol–water partition coefficient (Wildman–Crippen LogP) is 1.97. The minimum Gasteiger partial charge on any atom is -0.354 e. The molecule has 1 saturated heterocycles. The number of nitrogens with zero attached hydrogens (tertiary/aromatic N) is 3. The second kappa shape index (κ2) is 7.03. The Bertz CT molecular complexity index is 926. The molecule has 2 heterocycles. The Balaban J connectivity index is 1.67. The number of anilines is 2. The standard InChI is InChI=1S/C18H22N4O3S/c1-12-4-5-14(10-13(12)2)18(23)19-16-6-7-17(21-20-16)22(3)15-8-9-26(24,25)11-15/h4-7,10,15H,8-9,11H2,1-3H3,(H,19,20,23). The summed E-state index contributed by atoms with van der Waals surface area (Å²) in [6, 6.07) is 8.82. The molecule has 0 aliphatic carbocycles. The molecular weight excluding hydrogens is 352 g/mol. The Morgan fingerprint density at radius 1 is 1.15 bits per heavy atom. The van der Waals surface area contributed by atoms with Crippen molar-refractivity contribution < 1.29 is 13.2 Å². The van der Waals surface area contributed by atoms with E-state index in [1.54, 1.807) is 18.2 Å². The largest absolute Gasteiger partial charge is 0.354 e. The molecule has 1 aliphatic heterocycles. The summed E-state index contributed by atoms with van der Waals surface area (Å²) in [5.41, 5.74) is 2.74. The van der Waals surface area contributed by atoms with E-state index in [-0.39, 0.29) is 23.5 Å². The third-order valence-electron chi connectivity index (χ3n) is 4.78. The third-order valence-corrected chi connectivity index (χ3v) is 6.53. The number of carbonyl (C=O) groups excluding carboxylic acids is 1. The van der Waals surface area contributed by atoms with Gasteiger partial charge in [-0.3, -0.25) is 4.79 Å². The summed E-state index contributed by atoms with van der Waals surface area (Å²) in [5.74, 6) is 1.03. The molecule has 1 unspecified atom stereocenters.